The Bertz CT molecular complexity index is 1430. The maximum absolute atomic E-state index is 13.5. The van der Waals surface area contributed by atoms with E-state index in [2.05, 4.69) is 16.0 Å². The summed E-state index contributed by atoms with van der Waals surface area (Å²) >= 11 is 0. The molecule has 32 heavy (non-hydrogen) atoms. The summed E-state index contributed by atoms with van der Waals surface area (Å²) in [5.41, 5.74) is 5.50. The third-order valence-electron chi connectivity index (χ3n) is 6.80. The molecule has 6 rings (SSSR count). The van der Waals surface area contributed by atoms with Crippen molar-refractivity contribution >= 4 is 28.1 Å². The lowest BCUT2D eigenvalue weighted by atomic mass is 9.99. The van der Waals surface area contributed by atoms with Crippen LogP contribution in [0.2, 0.25) is 0 Å². The number of fused-ring (bicyclic) bond motifs is 4. The number of anilines is 1. The number of hydrogen-bond donors (Lipinski definition) is 1. The normalized spacial score (nSPS) is 16.7. The van der Waals surface area contributed by atoms with E-state index in [1.54, 1.807) is 6.20 Å². The number of imidazole rings is 1. The number of hydrogen-bond acceptors (Lipinski definition) is 4. The van der Waals surface area contributed by atoms with Gasteiger partial charge in [-0.3, -0.25) is 14.0 Å². The van der Waals surface area contributed by atoms with Gasteiger partial charge in [-0.05, 0) is 55.5 Å². The number of rotatable bonds is 2. The maximum atomic E-state index is 13.5. The van der Waals surface area contributed by atoms with E-state index in [9.17, 15) is 9.59 Å². The van der Waals surface area contributed by atoms with Crippen molar-refractivity contribution < 1.29 is 9.53 Å². The van der Waals surface area contributed by atoms with Crippen molar-refractivity contribution in [3.63, 3.8) is 0 Å². The van der Waals surface area contributed by atoms with Gasteiger partial charge >= 0.3 is 0 Å². The number of carbonyl (C=O) groups excluding carboxylic acids is 1. The molecule has 0 aliphatic carbocycles. The Kier molecular flexibility index (Phi) is 4.40. The van der Waals surface area contributed by atoms with E-state index in [1.807, 2.05) is 46.6 Å². The highest BCUT2D eigenvalue weighted by atomic mass is 16.5. The summed E-state index contributed by atoms with van der Waals surface area (Å²) in [5, 5.41) is 0. The number of nitrogens with one attached hydrogen (secondary N) is 1. The number of aromatic nitrogens is 3. The summed E-state index contributed by atoms with van der Waals surface area (Å²) in [6.45, 7) is 4.03. The molecule has 0 bridgehead atoms. The number of ether oxygens (including phenoxy) is 1. The van der Waals surface area contributed by atoms with Gasteiger partial charge in [0.2, 0.25) is 0 Å². The Labute approximate surface area is 184 Å². The number of para-hydroxylation sites is 1. The number of carbonyl (C=O) groups is 1. The number of aryl methyl sites for hydroxylation is 1. The fraction of sp³-hybridized carbons (Fsp3) is 0.320. The molecule has 1 fully saturated rings. The molecule has 2 aromatic heterocycles. The minimum atomic E-state index is -0.197. The van der Waals surface area contributed by atoms with Crippen LogP contribution in [0.5, 0.6) is 0 Å². The minimum absolute atomic E-state index is 0.0365. The number of amides is 1. The molecule has 0 unspecified atom stereocenters. The topological polar surface area (TPSA) is 79.7 Å². The molecule has 0 spiro atoms. The van der Waals surface area contributed by atoms with Crippen molar-refractivity contribution in [1.29, 1.82) is 0 Å². The first kappa shape index (κ1) is 19.3. The highest BCUT2D eigenvalue weighted by Crippen LogP contribution is 2.31. The van der Waals surface area contributed by atoms with Crippen LogP contribution in [-0.4, -0.2) is 40.0 Å². The number of H-pyrrole nitrogens is 1. The summed E-state index contributed by atoms with van der Waals surface area (Å²) in [4.78, 5) is 35.8. The standard InChI is InChI=1S/C25H24N4O3/c1-15-12-21-19(13-18(15)25(31)28-9-6-16-4-2-3-5-20(16)28)27-24(30)22-14-26-23(29(21)22)17-7-10-32-11-8-17/h2-5,12-14,17H,6-11H2,1H3,(H,27,30). The summed E-state index contributed by atoms with van der Waals surface area (Å²) in [5.74, 6) is 1.11. The van der Waals surface area contributed by atoms with E-state index in [1.165, 1.54) is 5.56 Å². The third kappa shape index (κ3) is 2.88. The van der Waals surface area contributed by atoms with Gasteiger partial charge in [0.05, 0.1) is 17.2 Å². The number of aromatic amines is 1. The van der Waals surface area contributed by atoms with Crippen molar-refractivity contribution in [3.8, 4) is 0 Å². The second-order valence-electron chi connectivity index (χ2n) is 8.70. The van der Waals surface area contributed by atoms with Crippen molar-refractivity contribution in [2.75, 3.05) is 24.7 Å². The van der Waals surface area contributed by atoms with Gasteiger partial charge in [-0.15, -0.1) is 0 Å². The summed E-state index contributed by atoms with van der Waals surface area (Å²) in [7, 11) is 0. The molecule has 0 atom stereocenters. The van der Waals surface area contributed by atoms with Crippen LogP contribution in [0.1, 0.15) is 46.1 Å². The second kappa shape index (κ2) is 7.31. The van der Waals surface area contributed by atoms with Crippen LogP contribution in [0.3, 0.4) is 0 Å². The molecule has 4 heterocycles. The van der Waals surface area contributed by atoms with E-state index in [4.69, 9.17) is 4.74 Å². The molecule has 1 amide bonds. The maximum Gasteiger partial charge on any atom is 0.274 e. The summed E-state index contributed by atoms with van der Waals surface area (Å²) < 4.78 is 7.48. The number of benzene rings is 2. The Morgan fingerprint density at radius 2 is 1.97 bits per heavy atom. The molecule has 0 saturated carbocycles. The molecule has 4 aromatic rings. The molecule has 7 nitrogen and oxygen atoms in total. The molecule has 2 aromatic carbocycles. The van der Waals surface area contributed by atoms with Gasteiger partial charge in [-0.25, -0.2) is 4.98 Å². The van der Waals surface area contributed by atoms with E-state index in [-0.39, 0.29) is 17.4 Å². The lowest BCUT2D eigenvalue weighted by Crippen LogP contribution is -2.29. The summed E-state index contributed by atoms with van der Waals surface area (Å²) in [6, 6.07) is 11.9. The van der Waals surface area contributed by atoms with Crippen LogP contribution < -0.4 is 10.5 Å². The molecule has 7 heteroatoms. The molecule has 162 valence electrons. The zero-order valence-electron chi connectivity index (χ0n) is 17.9. The van der Waals surface area contributed by atoms with Crippen molar-refractivity contribution in [2.24, 2.45) is 0 Å². The average molecular weight is 428 g/mol. The molecule has 0 radical (unpaired) electrons. The minimum Gasteiger partial charge on any atom is -0.381 e. The van der Waals surface area contributed by atoms with Gasteiger partial charge in [0.1, 0.15) is 11.3 Å². The van der Waals surface area contributed by atoms with Crippen LogP contribution in [0.4, 0.5) is 5.69 Å². The van der Waals surface area contributed by atoms with Gasteiger partial charge in [0, 0.05) is 36.9 Å². The molecule has 1 saturated heterocycles. The Balaban J connectivity index is 1.49. The van der Waals surface area contributed by atoms with E-state index in [0.717, 1.165) is 41.9 Å². The highest BCUT2D eigenvalue weighted by Gasteiger charge is 2.27. The first-order chi connectivity index (χ1) is 15.6. The van der Waals surface area contributed by atoms with E-state index >= 15 is 0 Å². The molecule has 2 aliphatic heterocycles. The average Bonchev–Trinajstić information content (AvgIpc) is 3.45. The van der Waals surface area contributed by atoms with Crippen LogP contribution >= 0.6 is 0 Å². The van der Waals surface area contributed by atoms with Gasteiger partial charge < -0.3 is 14.6 Å². The van der Waals surface area contributed by atoms with Gasteiger partial charge in [0.25, 0.3) is 11.5 Å². The number of nitrogens with zero attached hydrogens (tertiary/aromatic N) is 3. The largest absolute Gasteiger partial charge is 0.381 e. The zero-order chi connectivity index (χ0) is 21.8. The Morgan fingerprint density at radius 1 is 1.16 bits per heavy atom. The van der Waals surface area contributed by atoms with Crippen molar-refractivity contribution in [3.05, 3.63) is 75.5 Å². The van der Waals surface area contributed by atoms with Gasteiger partial charge in [-0.2, -0.15) is 0 Å². The van der Waals surface area contributed by atoms with Crippen molar-refractivity contribution in [2.45, 2.75) is 32.1 Å². The molecule has 1 N–H and O–H groups in total. The predicted octanol–water partition coefficient (Wildman–Crippen LogP) is 3.58. The summed E-state index contributed by atoms with van der Waals surface area (Å²) in [6.07, 6.45) is 4.28. The first-order valence-electron chi connectivity index (χ1n) is 11.1. The van der Waals surface area contributed by atoms with Crippen LogP contribution in [-0.2, 0) is 11.2 Å². The van der Waals surface area contributed by atoms with Crippen LogP contribution in [0.15, 0.2) is 47.4 Å². The Morgan fingerprint density at radius 3 is 2.81 bits per heavy atom. The van der Waals surface area contributed by atoms with Crippen molar-refractivity contribution in [1.82, 2.24) is 14.4 Å². The van der Waals surface area contributed by atoms with E-state index < -0.39 is 0 Å². The Hall–Kier alpha value is -3.45. The molecular weight excluding hydrogens is 404 g/mol. The van der Waals surface area contributed by atoms with Crippen LogP contribution in [0.25, 0.3) is 16.6 Å². The third-order valence-corrected chi connectivity index (χ3v) is 6.80. The first-order valence-corrected chi connectivity index (χ1v) is 11.1. The predicted molar refractivity (Wildman–Crippen MR) is 123 cm³/mol. The van der Waals surface area contributed by atoms with E-state index in [0.29, 0.717) is 36.4 Å². The molecular formula is C25H24N4O3. The zero-order valence-corrected chi connectivity index (χ0v) is 17.9. The monoisotopic (exact) mass is 428 g/mol. The SMILES string of the molecule is Cc1cc2c(cc1C(=O)N1CCc3ccccc31)[nH]c(=O)c1cnc(C3CCOCC3)n12. The molecule has 2 aliphatic rings. The lowest BCUT2D eigenvalue weighted by molar-refractivity contribution is 0.0835. The highest BCUT2D eigenvalue weighted by molar-refractivity contribution is 6.09. The van der Waals surface area contributed by atoms with Gasteiger partial charge in [0.15, 0.2) is 0 Å². The van der Waals surface area contributed by atoms with Crippen LogP contribution in [0, 0.1) is 6.92 Å². The lowest BCUT2D eigenvalue weighted by Gasteiger charge is -2.22. The second-order valence-corrected chi connectivity index (χ2v) is 8.70. The quantitative estimate of drug-likeness (QED) is 0.529. The fourth-order valence-electron chi connectivity index (χ4n) is 5.11. The fourth-order valence-corrected chi connectivity index (χ4v) is 5.11. The van der Waals surface area contributed by atoms with Gasteiger partial charge in [-0.1, -0.05) is 18.2 Å². The smallest absolute Gasteiger partial charge is 0.274 e.